The van der Waals surface area contributed by atoms with Crippen LogP contribution >= 0.6 is 0 Å². The molecule has 0 fully saturated rings. The highest BCUT2D eigenvalue weighted by Crippen LogP contribution is 2.21. The lowest BCUT2D eigenvalue weighted by atomic mass is 10.1. The second-order valence-electron chi connectivity index (χ2n) is 7.04. The molecular formula is C22H22N4O3. The van der Waals surface area contributed by atoms with E-state index in [0.717, 1.165) is 22.6 Å². The van der Waals surface area contributed by atoms with E-state index in [1.54, 1.807) is 36.3 Å². The number of H-pyrrole nitrogens is 1. The minimum absolute atomic E-state index is 0.201. The summed E-state index contributed by atoms with van der Waals surface area (Å²) < 4.78 is 5.12. The highest BCUT2D eigenvalue weighted by atomic mass is 16.5. The van der Waals surface area contributed by atoms with E-state index in [2.05, 4.69) is 15.3 Å². The van der Waals surface area contributed by atoms with Crippen LogP contribution in [-0.2, 0) is 13.0 Å². The van der Waals surface area contributed by atoms with Crippen molar-refractivity contribution in [2.75, 3.05) is 19.0 Å². The van der Waals surface area contributed by atoms with Crippen LogP contribution in [0.2, 0.25) is 0 Å². The van der Waals surface area contributed by atoms with Crippen molar-refractivity contribution in [1.29, 1.82) is 0 Å². The first-order valence-corrected chi connectivity index (χ1v) is 9.42. The molecule has 0 atom stereocenters. The summed E-state index contributed by atoms with van der Waals surface area (Å²) in [6, 6.07) is 14.7. The fourth-order valence-electron chi connectivity index (χ4n) is 3.40. The molecule has 0 aliphatic carbocycles. The number of anilines is 1. The van der Waals surface area contributed by atoms with Gasteiger partial charge in [-0.15, -0.1) is 0 Å². The average molecular weight is 390 g/mol. The zero-order valence-corrected chi connectivity index (χ0v) is 16.4. The number of urea groups is 1. The summed E-state index contributed by atoms with van der Waals surface area (Å²) in [7, 11) is 1.59. The summed E-state index contributed by atoms with van der Waals surface area (Å²) in [5.41, 5.74) is 3.74. The fourth-order valence-corrected chi connectivity index (χ4v) is 3.40. The summed E-state index contributed by atoms with van der Waals surface area (Å²) in [6.07, 6.45) is 0.536. The number of hydrogen-bond donors (Lipinski definition) is 2. The number of rotatable bonds is 3. The molecule has 2 amide bonds. The van der Waals surface area contributed by atoms with Gasteiger partial charge in [0, 0.05) is 24.2 Å². The Kier molecular flexibility index (Phi) is 5.03. The lowest BCUT2D eigenvalue weighted by Crippen LogP contribution is -2.41. The summed E-state index contributed by atoms with van der Waals surface area (Å²) in [6.45, 7) is 2.73. The van der Waals surface area contributed by atoms with Gasteiger partial charge in [0.25, 0.3) is 5.56 Å². The van der Waals surface area contributed by atoms with Crippen LogP contribution in [0, 0.1) is 6.92 Å². The van der Waals surface area contributed by atoms with Gasteiger partial charge in [0.1, 0.15) is 11.6 Å². The number of hydrogen-bond acceptors (Lipinski definition) is 4. The minimum atomic E-state index is -0.247. The fraction of sp³-hybridized carbons (Fsp3) is 0.227. The molecule has 0 bridgehead atoms. The zero-order chi connectivity index (χ0) is 20.4. The van der Waals surface area contributed by atoms with Crippen LogP contribution in [0.1, 0.15) is 16.8 Å². The van der Waals surface area contributed by atoms with Crippen molar-refractivity contribution in [3.63, 3.8) is 0 Å². The third-order valence-corrected chi connectivity index (χ3v) is 4.99. The van der Waals surface area contributed by atoms with Crippen LogP contribution in [-0.4, -0.2) is 34.6 Å². The number of nitrogens with zero attached hydrogens (tertiary/aromatic N) is 2. The molecule has 3 aromatic rings. The van der Waals surface area contributed by atoms with Crippen molar-refractivity contribution in [1.82, 2.24) is 14.9 Å². The molecule has 0 spiro atoms. The van der Waals surface area contributed by atoms with Crippen LogP contribution in [0.5, 0.6) is 5.75 Å². The number of amides is 2. The summed E-state index contributed by atoms with van der Waals surface area (Å²) in [5.74, 6) is 1.28. The summed E-state index contributed by atoms with van der Waals surface area (Å²) in [4.78, 5) is 34.4. The van der Waals surface area contributed by atoms with Gasteiger partial charge in [-0.05, 0) is 37.3 Å². The van der Waals surface area contributed by atoms with E-state index in [4.69, 9.17) is 4.74 Å². The minimum Gasteiger partial charge on any atom is -0.497 e. The van der Waals surface area contributed by atoms with Crippen LogP contribution < -0.4 is 15.6 Å². The van der Waals surface area contributed by atoms with Gasteiger partial charge < -0.3 is 19.9 Å². The van der Waals surface area contributed by atoms with Crippen LogP contribution in [0.15, 0.2) is 53.3 Å². The van der Waals surface area contributed by atoms with Gasteiger partial charge in [-0.2, -0.15) is 0 Å². The van der Waals surface area contributed by atoms with Gasteiger partial charge in [0.15, 0.2) is 0 Å². The molecular weight excluding hydrogens is 368 g/mol. The Morgan fingerprint density at radius 2 is 2.00 bits per heavy atom. The third-order valence-electron chi connectivity index (χ3n) is 4.99. The van der Waals surface area contributed by atoms with Crippen molar-refractivity contribution >= 4 is 11.7 Å². The van der Waals surface area contributed by atoms with E-state index in [1.807, 2.05) is 31.2 Å². The van der Waals surface area contributed by atoms with Crippen molar-refractivity contribution in [3.8, 4) is 17.1 Å². The maximum Gasteiger partial charge on any atom is 0.322 e. The Labute approximate surface area is 168 Å². The smallest absolute Gasteiger partial charge is 0.322 e. The topological polar surface area (TPSA) is 87.3 Å². The Hall–Kier alpha value is -3.61. The number of carbonyl (C=O) groups excluding carboxylic acids is 1. The molecule has 7 nitrogen and oxygen atoms in total. The molecule has 0 radical (unpaired) electrons. The van der Waals surface area contributed by atoms with Crippen molar-refractivity contribution in [2.45, 2.75) is 19.9 Å². The second-order valence-corrected chi connectivity index (χ2v) is 7.04. The van der Waals surface area contributed by atoms with Crippen LogP contribution in [0.4, 0.5) is 10.5 Å². The summed E-state index contributed by atoms with van der Waals surface area (Å²) in [5, 5.41) is 2.86. The number of methoxy groups -OCH3 is 1. The standard InChI is InChI=1S/C22H22N4O3/c1-14-4-3-5-15(12-14)20-24-19-10-11-26(13-18(19)21(27)25-20)22(28)23-16-6-8-17(29-2)9-7-16/h3-9,12H,10-11,13H2,1-2H3,(H,23,28)(H,24,25,27). The van der Waals surface area contributed by atoms with Gasteiger partial charge in [0.2, 0.25) is 0 Å². The van der Waals surface area contributed by atoms with Gasteiger partial charge in [-0.25, -0.2) is 9.78 Å². The molecule has 2 N–H and O–H groups in total. The molecule has 1 aliphatic rings. The number of aryl methyl sites for hydroxylation is 1. The molecule has 2 aromatic carbocycles. The van der Waals surface area contributed by atoms with E-state index in [1.165, 1.54) is 0 Å². The number of carbonyl (C=O) groups is 1. The SMILES string of the molecule is COc1ccc(NC(=O)N2CCc3nc(-c4cccc(C)c4)[nH]c(=O)c3C2)cc1. The lowest BCUT2D eigenvalue weighted by molar-refractivity contribution is 0.205. The number of ether oxygens (including phenoxy) is 1. The largest absolute Gasteiger partial charge is 0.497 e. The first kappa shape index (κ1) is 18.7. The number of fused-ring (bicyclic) bond motifs is 1. The maximum absolute atomic E-state index is 12.7. The van der Waals surface area contributed by atoms with E-state index in [-0.39, 0.29) is 18.1 Å². The predicted octanol–water partition coefficient (Wildman–Crippen LogP) is 3.34. The molecule has 4 rings (SSSR count). The van der Waals surface area contributed by atoms with Crippen molar-refractivity contribution in [2.24, 2.45) is 0 Å². The first-order valence-electron chi connectivity index (χ1n) is 9.42. The van der Waals surface area contributed by atoms with Gasteiger partial charge >= 0.3 is 6.03 Å². The van der Waals surface area contributed by atoms with Gasteiger partial charge in [0.05, 0.1) is 24.9 Å². The zero-order valence-electron chi connectivity index (χ0n) is 16.4. The van der Waals surface area contributed by atoms with E-state index in [9.17, 15) is 9.59 Å². The number of aromatic nitrogens is 2. The Morgan fingerprint density at radius 3 is 2.72 bits per heavy atom. The molecule has 148 valence electrons. The van der Waals surface area contributed by atoms with Crippen LogP contribution in [0.3, 0.4) is 0 Å². The lowest BCUT2D eigenvalue weighted by Gasteiger charge is -2.28. The van der Waals surface area contributed by atoms with Crippen molar-refractivity contribution in [3.05, 3.63) is 75.7 Å². The van der Waals surface area contributed by atoms with Crippen LogP contribution in [0.25, 0.3) is 11.4 Å². The normalized spacial score (nSPS) is 13.0. The summed E-state index contributed by atoms with van der Waals surface area (Å²) >= 11 is 0. The Morgan fingerprint density at radius 1 is 1.21 bits per heavy atom. The quantitative estimate of drug-likeness (QED) is 0.718. The molecule has 1 aromatic heterocycles. The molecule has 29 heavy (non-hydrogen) atoms. The van der Waals surface area contributed by atoms with Gasteiger partial charge in [-0.1, -0.05) is 23.8 Å². The maximum atomic E-state index is 12.7. The highest BCUT2D eigenvalue weighted by molar-refractivity contribution is 5.89. The Balaban J connectivity index is 1.52. The first-order chi connectivity index (χ1) is 14.0. The van der Waals surface area contributed by atoms with E-state index in [0.29, 0.717) is 30.0 Å². The van der Waals surface area contributed by atoms with E-state index >= 15 is 0 Å². The molecule has 0 unspecified atom stereocenters. The Bertz CT molecular complexity index is 1110. The van der Waals surface area contributed by atoms with Gasteiger partial charge in [-0.3, -0.25) is 4.79 Å². The highest BCUT2D eigenvalue weighted by Gasteiger charge is 2.25. The third kappa shape index (κ3) is 3.99. The number of nitrogens with one attached hydrogen (secondary N) is 2. The molecule has 2 heterocycles. The molecule has 7 heteroatoms. The molecule has 1 aliphatic heterocycles. The second kappa shape index (κ2) is 7.79. The van der Waals surface area contributed by atoms with Crippen molar-refractivity contribution < 1.29 is 9.53 Å². The number of aromatic amines is 1. The number of benzene rings is 2. The molecule has 0 saturated heterocycles. The molecule has 0 saturated carbocycles. The average Bonchev–Trinajstić information content (AvgIpc) is 2.74. The van der Waals surface area contributed by atoms with E-state index < -0.39 is 0 Å². The predicted molar refractivity (Wildman–Crippen MR) is 111 cm³/mol. The monoisotopic (exact) mass is 390 g/mol.